The van der Waals surface area contributed by atoms with Crippen LogP contribution < -0.4 is 5.32 Å². The topological polar surface area (TPSA) is 38.8 Å². The Morgan fingerprint density at radius 2 is 1.61 bits per heavy atom. The number of hydrogen-bond acceptors (Lipinski definition) is 4. The molecule has 0 radical (unpaired) electrons. The second kappa shape index (κ2) is 7.07. The molecule has 2 rings (SSSR count). The highest BCUT2D eigenvalue weighted by Crippen LogP contribution is 2.04. The van der Waals surface area contributed by atoms with Gasteiger partial charge in [0, 0.05) is 65.3 Å². The van der Waals surface area contributed by atoms with Crippen molar-refractivity contribution in [2.75, 3.05) is 65.4 Å². The number of hydrogen-bond donors (Lipinski definition) is 1. The summed E-state index contributed by atoms with van der Waals surface area (Å²) in [6.07, 6.45) is 0.687. The van der Waals surface area contributed by atoms with Gasteiger partial charge in [-0.25, -0.2) is 0 Å². The van der Waals surface area contributed by atoms with Crippen LogP contribution in [-0.4, -0.2) is 86.1 Å². The van der Waals surface area contributed by atoms with E-state index in [4.69, 9.17) is 0 Å². The standard InChI is InChI=1S/C13H26N4O/c1-2-15-9-11-16(12-10-15)6-3-13(18)17-7-4-14-5-8-17/h14H,2-12H2,1H3. The maximum Gasteiger partial charge on any atom is 0.223 e. The Balaban J connectivity index is 1.63. The van der Waals surface area contributed by atoms with E-state index in [1.165, 1.54) is 0 Å². The molecule has 2 heterocycles. The lowest BCUT2D eigenvalue weighted by Crippen LogP contribution is -2.49. The van der Waals surface area contributed by atoms with Gasteiger partial charge in [0.1, 0.15) is 0 Å². The van der Waals surface area contributed by atoms with Gasteiger partial charge in [0.05, 0.1) is 0 Å². The molecule has 0 spiro atoms. The highest BCUT2D eigenvalue weighted by atomic mass is 16.2. The zero-order chi connectivity index (χ0) is 12.8. The Morgan fingerprint density at radius 3 is 2.22 bits per heavy atom. The van der Waals surface area contributed by atoms with Gasteiger partial charge in [-0.1, -0.05) is 6.92 Å². The molecule has 5 nitrogen and oxygen atoms in total. The summed E-state index contributed by atoms with van der Waals surface area (Å²) >= 11 is 0. The fourth-order valence-corrected chi connectivity index (χ4v) is 2.66. The van der Waals surface area contributed by atoms with Crippen molar-refractivity contribution in [2.24, 2.45) is 0 Å². The molecule has 0 aromatic carbocycles. The van der Waals surface area contributed by atoms with E-state index in [-0.39, 0.29) is 0 Å². The number of nitrogens with zero attached hydrogens (tertiary/aromatic N) is 3. The summed E-state index contributed by atoms with van der Waals surface area (Å²) < 4.78 is 0. The first-order valence-electron chi connectivity index (χ1n) is 7.23. The zero-order valence-corrected chi connectivity index (χ0v) is 11.5. The van der Waals surface area contributed by atoms with Gasteiger partial charge in [-0.3, -0.25) is 4.79 Å². The van der Waals surface area contributed by atoms with Crippen LogP contribution in [0.5, 0.6) is 0 Å². The molecule has 0 saturated carbocycles. The lowest BCUT2D eigenvalue weighted by atomic mass is 10.2. The molecule has 18 heavy (non-hydrogen) atoms. The molecule has 0 aromatic rings. The fourth-order valence-electron chi connectivity index (χ4n) is 2.66. The van der Waals surface area contributed by atoms with Crippen LogP contribution in [0, 0.1) is 0 Å². The predicted octanol–water partition coefficient (Wildman–Crippen LogP) is -0.554. The third-order valence-electron chi connectivity index (χ3n) is 4.02. The number of carbonyl (C=O) groups is 1. The maximum absolute atomic E-state index is 12.0. The van der Waals surface area contributed by atoms with E-state index in [0.717, 1.165) is 65.4 Å². The summed E-state index contributed by atoms with van der Waals surface area (Å²) in [5, 5.41) is 3.28. The molecule has 2 aliphatic rings. The van der Waals surface area contributed by atoms with Crippen molar-refractivity contribution in [1.29, 1.82) is 0 Å². The normalized spacial score (nSPS) is 23.3. The van der Waals surface area contributed by atoms with Gasteiger partial charge in [-0.2, -0.15) is 0 Å². The molecule has 0 unspecified atom stereocenters. The molecule has 0 atom stereocenters. The van der Waals surface area contributed by atoms with E-state index in [0.29, 0.717) is 12.3 Å². The van der Waals surface area contributed by atoms with Crippen LogP contribution in [0.1, 0.15) is 13.3 Å². The van der Waals surface area contributed by atoms with Crippen molar-refractivity contribution in [3.05, 3.63) is 0 Å². The smallest absolute Gasteiger partial charge is 0.223 e. The van der Waals surface area contributed by atoms with Crippen molar-refractivity contribution in [3.8, 4) is 0 Å². The minimum Gasteiger partial charge on any atom is -0.340 e. The first-order valence-corrected chi connectivity index (χ1v) is 7.23. The summed E-state index contributed by atoms with van der Waals surface area (Å²) in [6, 6.07) is 0. The van der Waals surface area contributed by atoms with Crippen LogP contribution in [0.2, 0.25) is 0 Å². The van der Waals surface area contributed by atoms with Crippen molar-refractivity contribution in [2.45, 2.75) is 13.3 Å². The highest BCUT2D eigenvalue weighted by molar-refractivity contribution is 5.76. The van der Waals surface area contributed by atoms with Crippen molar-refractivity contribution in [3.63, 3.8) is 0 Å². The molecular formula is C13H26N4O. The third-order valence-corrected chi connectivity index (χ3v) is 4.02. The van der Waals surface area contributed by atoms with Crippen LogP contribution in [-0.2, 0) is 4.79 Å². The van der Waals surface area contributed by atoms with Gasteiger partial charge in [0.25, 0.3) is 0 Å². The van der Waals surface area contributed by atoms with Crippen molar-refractivity contribution >= 4 is 5.91 Å². The van der Waals surface area contributed by atoms with Crippen LogP contribution in [0.15, 0.2) is 0 Å². The largest absolute Gasteiger partial charge is 0.340 e. The molecule has 0 aliphatic carbocycles. The number of nitrogens with one attached hydrogen (secondary N) is 1. The molecule has 0 aromatic heterocycles. The highest BCUT2D eigenvalue weighted by Gasteiger charge is 2.19. The second-order valence-electron chi connectivity index (χ2n) is 5.16. The van der Waals surface area contributed by atoms with Crippen molar-refractivity contribution < 1.29 is 4.79 Å². The number of amides is 1. The van der Waals surface area contributed by atoms with Gasteiger partial charge in [0.15, 0.2) is 0 Å². The van der Waals surface area contributed by atoms with E-state index in [1.54, 1.807) is 0 Å². The lowest BCUT2D eigenvalue weighted by Gasteiger charge is -2.34. The quantitative estimate of drug-likeness (QED) is 0.730. The van der Waals surface area contributed by atoms with Crippen molar-refractivity contribution in [1.82, 2.24) is 20.0 Å². The van der Waals surface area contributed by atoms with Crippen LogP contribution in [0.4, 0.5) is 0 Å². The minimum atomic E-state index is 0.328. The predicted molar refractivity (Wildman–Crippen MR) is 72.6 cm³/mol. The molecule has 5 heteroatoms. The molecule has 0 bridgehead atoms. The minimum absolute atomic E-state index is 0.328. The number of rotatable bonds is 4. The average Bonchev–Trinajstić information content (AvgIpc) is 2.46. The molecule has 2 aliphatic heterocycles. The van der Waals surface area contributed by atoms with E-state index in [2.05, 4.69) is 22.0 Å². The average molecular weight is 254 g/mol. The molecule has 1 N–H and O–H groups in total. The SMILES string of the molecule is CCN1CCN(CCC(=O)N2CCNCC2)CC1. The molecule has 104 valence electrons. The van der Waals surface area contributed by atoms with Gasteiger partial charge in [-0.15, -0.1) is 0 Å². The second-order valence-corrected chi connectivity index (χ2v) is 5.16. The Kier molecular flexibility index (Phi) is 5.41. The van der Waals surface area contributed by atoms with Crippen LogP contribution >= 0.6 is 0 Å². The Hall–Kier alpha value is -0.650. The Bertz CT molecular complexity index is 258. The number of piperazine rings is 2. The summed E-state index contributed by atoms with van der Waals surface area (Å²) in [7, 11) is 0. The number of likely N-dealkylation sites (N-methyl/N-ethyl adjacent to an activating group) is 1. The molecular weight excluding hydrogens is 228 g/mol. The monoisotopic (exact) mass is 254 g/mol. The lowest BCUT2D eigenvalue weighted by molar-refractivity contribution is -0.132. The summed E-state index contributed by atoms with van der Waals surface area (Å²) in [5.41, 5.74) is 0. The van der Waals surface area contributed by atoms with Gasteiger partial charge in [-0.05, 0) is 6.54 Å². The fraction of sp³-hybridized carbons (Fsp3) is 0.923. The van der Waals surface area contributed by atoms with Crippen LogP contribution in [0.3, 0.4) is 0 Å². The Labute approximate surface area is 110 Å². The molecule has 2 fully saturated rings. The summed E-state index contributed by atoms with van der Waals surface area (Å²) in [6.45, 7) is 12.5. The maximum atomic E-state index is 12.0. The third kappa shape index (κ3) is 3.93. The van der Waals surface area contributed by atoms with E-state index in [1.807, 2.05) is 4.90 Å². The Morgan fingerprint density at radius 1 is 1.00 bits per heavy atom. The van der Waals surface area contributed by atoms with Crippen LogP contribution in [0.25, 0.3) is 0 Å². The summed E-state index contributed by atoms with van der Waals surface area (Å²) in [5.74, 6) is 0.328. The van der Waals surface area contributed by atoms with E-state index < -0.39 is 0 Å². The molecule has 2 saturated heterocycles. The van der Waals surface area contributed by atoms with E-state index >= 15 is 0 Å². The van der Waals surface area contributed by atoms with Gasteiger partial charge < -0.3 is 20.0 Å². The van der Waals surface area contributed by atoms with E-state index in [9.17, 15) is 4.79 Å². The number of carbonyl (C=O) groups excluding carboxylic acids is 1. The first kappa shape index (κ1) is 13.8. The first-order chi connectivity index (χ1) is 8.79. The summed E-state index contributed by atoms with van der Waals surface area (Å²) in [4.78, 5) is 18.9. The van der Waals surface area contributed by atoms with Gasteiger partial charge >= 0.3 is 0 Å². The molecule has 1 amide bonds. The van der Waals surface area contributed by atoms with Gasteiger partial charge in [0.2, 0.25) is 5.91 Å². The zero-order valence-electron chi connectivity index (χ0n) is 11.5.